The summed E-state index contributed by atoms with van der Waals surface area (Å²) in [5.74, 6) is -0.899. The van der Waals surface area contributed by atoms with Gasteiger partial charge < -0.3 is 4.74 Å². The van der Waals surface area contributed by atoms with Gasteiger partial charge >= 0.3 is 0 Å². The van der Waals surface area contributed by atoms with Gasteiger partial charge in [-0.05, 0) is 19.1 Å². The van der Waals surface area contributed by atoms with Crippen LogP contribution in [-0.2, 0) is 4.74 Å². The molecular weight excluding hydrogens is 261 g/mol. The molecule has 0 unspecified atom stereocenters. The number of fused-ring (bicyclic) bond motifs is 1. The third-order valence-corrected chi connectivity index (χ3v) is 3.09. The van der Waals surface area contributed by atoms with Crippen molar-refractivity contribution in [3.63, 3.8) is 0 Å². The summed E-state index contributed by atoms with van der Waals surface area (Å²) < 4.78 is 18.3. The molecule has 0 aromatic heterocycles. The molecule has 0 radical (unpaired) electrons. The minimum atomic E-state index is -0.886. The van der Waals surface area contributed by atoms with Crippen molar-refractivity contribution in [1.82, 2.24) is 4.90 Å². The first kappa shape index (κ1) is 14.4. The Balaban J connectivity index is 2.18. The fourth-order valence-electron chi connectivity index (χ4n) is 2.11. The van der Waals surface area contributed by atoms with Crippen molar-refractivity contribution in [1.29, 1.82) is 0 Å². The van der Waals surface area contributed by atoms with Crippen LogP contribution in [0.4, 0.5) is 4.39 Å². The van der Waals surface area contributed by atoms with Crippen molar-refractivity contribution in [2.24, 2.45) is 0 Å². The predicted octanol–water partition coefficient (Wildman–Crippen LogP) is 2.21. The topological polar surface area (TPSA) is 46.6 Å². The number of alkyl halides is 1. The minimum absolute atomic E-state index is 0.328. The molecule has 0 aliphatic carbocycles. The lowest BCUT2D eigenvalue weighted by Crippen LogP contribution is -2.40. The quantitative estimate of drug-likeness (QED) is 0.455. The molecule has 1 aliphatic rings. The molecule has 0 fully saturated rings. The second kappa shape index (κ2) is 6.43. The van der Waals surface area contributed by atoms with Crippen LogP contribution in [0.2, 0.25) is 0 Å². The highest BCUT2D eigenvalue weighted by Gasteiger charge is 2.38. The highest BCUT2D eigenvalue weighted by atomic mass is 19.1. The summed E-state index contributed by atoms with van der Waals surface area (Å²) in [6, 6.07) is 5.64. The van der Waals surface area contributed by atoms with Gasteiger partial charge in [-0.2, -0.15) is 0 Å². The number of rotatable bonds is 6. The van der Waals surface area contributed by atoms with Gasteiger partial charge in [-0.25, -0.2) is 4.39 Å². The van der Waals surface area contributed by atoms with Crippen molar-refractivity contribution in [3.8, 4) is 0 Å². The molecule has 1 aliphatic heterocycles. The van der Waals surface area contributed by atoms with Crippen LogP contribution in [0.5, 0.6) is 0 Å². The van der Waals surface area contributed by atoms with Crippen LogP contribution in [0.3, 0.4) is 0 Å². The molecule has 0 spiro atoms. The Morgan fingerprint density at radius 1 is 1.25 bits per heavy atom. The Labute approximate surface area is 116 Å². The first-order valence-corrected chi connectivity index (χ1v) is 6.48. The lowest BCUT2D eigenvalue weighted by atomic mass is 10.1. The van der Waals surface area contributed by atoms with Crippen molar-refractivity contribution in [2.45, 2.75) is 13.0 Å². The Hall–Kier alpha value is -2.01. The third kappa shape index (κ3) is 2.63. The maximum Gasteiger partial charge on any atom is 0.262 e. The maximum absolute atomic E-state index is 13.2. The van der Waals surface area contributed by atoms with Crippen LogP contribution in [0.15, 0.2) is 36.4 Å². The van der Waals surface area contributed by atoms with Gasteiger partial charge in [0.15, 0.2) is 0 Å². The van der Waals surface area contributed by atoms with Crippen molar-refractivity contribution >= 4 is 11.8 Å². The van der Waals surface area contributed by atoms with Gasteiger partial charge in [-0.3, -0.25) is 14.5 Å². The summed E-state index contributed by atoms with van der Waals surface area (Å²) in [7, 11) is 0. The van der Waals surface area contributed by atoms with Gasteiger partial charge in [-0.15, -0.1) is 0 Å². The Bertz CT molecular complexity index is 507. The van der Waals surface area contributed by atoms with Crippen LogP contribution in [0, 0.1) is 0 Å². The molecule has 20 heavy (non-hydrogen) atoms. The van der Waals surface area contributed by atoms with E-state index < -0.39 is 24.5 Å². The smallest absolute Gasteiger partial charge is 0.262 e. The van der Waals surface area contributed by atoms with E-state index >= 15 is 0 Å². The van der Waals surface area contributed by atoms with E-state index in [1.165, 1.54) is 6.08 Å². The molecule has 0 N–H and O–H groups in total. The molecular formula is C15H16FNO3. The van der Waals surface area contributed by atoms with E-state index in [0.29, 0.717) is 24.3 Å². The van der Waals surface area contributed by atoms with Gasteiger partial charge in [0, 0.05) is 6.61 Å². The largest absolute Gasteiger partial charge is 0.378 e. The zero-order chi connectivity index (χ0) is 14.5. The van der Waals surface area contributed by atoms with Gasteiger partial charge in [0.25, 0.3) is 11.8 Å². The summed E-state index contributed by atoms with van der Waals surface area (Å²) in [6.07, 6.45) is 3.12. The highest BCUT2D eigenvalue weighted by Crippen LogP contribution is 2.25. The van der Waals surface area contributed by atoms with E-state index in [9.17, 15) is 14.0 Å². The number of carbonyl (C=O) groups is 2. The van der Waals surface area contributed by atoms with E-state index in [0.717, 1.165) is 4.90 Å². The summed E-state index contributed by atoms with van der Waals surface area (Å²) >= 11 is 0. The maximum atomic E-state index is 13.2. The normalized spacial score (nSPS) is 16.0. The van der Waals surface area contributed by atoms with Crippen LogP contribution in [0.1, 0.15) is 27.6 Å². The monoisotopic (exact) mass is 277 g/mol. The zero-order valence-electron chi connectivity index (χ0n) is 11.2. The van der Waals surface area contributed by atoms with Crippen LogP contribution in [-0.4, -0.2) is 42.6 Å². The van der Waals surface area contributed by atoms with Crippen molar-refractivity contribution in [3.05, 3.63) is 47.5 Å². The average Bonchev–Trinajstić information content (AvgIpc) is 2.73. The molecule has 106 valence electrons. The van der Waals surface area contributed by atoms with Crippen LogP contribution in [0.25, 0.3) is 0 Å². The van der Waals surface area contributed by atoms with E-state index in [1.807, 2.05) is 6.92 Å². The lowest BCUT2D eigenvalue weighted by Gasteiger charge is -2.20. The van der Waals surface area contributed by atoms with E-state index in [4.69, 9.17) is 4.74 Å². The lowest BCUT2D eigenvalue weighted by molar-refractivity contribution is 0.0595. The average molecular weight is 277 g/mol. The Kier molecular flexibility index (Phi) is 4.63. The number of amides is 2. The van der Waals surface area contributed by atoms with Gasteiger partial charge in [0.05, 0.1) is 23.8 Å². The number of ether oxygens (including phenoxy) is 1. The fraction of sp³-hybridized carbons (Fsp3) is 0.333. The first-order valence-electron chi connectivity index (χ1n) is 6.48. The van der Waals surface area contributed by atoms with E-state index in [2.05, 4.69) is 0 Å². The highest BCUT2D eigenvalue weighted by molar-refractivity contribution is 6.21. The number of hydrogen-bond acceptors (Lipinski definition) is 3. The molecule has 4 nitrogen and oxygen atoms in total. The number of carbonyl (C=O) groups excluding carboxylic acids is 2. The summed E-state index contributed by atoms with van der Waals surface area (Å²) in [5.41, 5.74) is 0.656. The number of nitrogens with zero attached hydrogens (tertiary/aromatic N) is 1. The molecule has 0 saturated carbocycles. The number of imide groups is 1. The third-order valence-electron chi connectivity index (χ3n) is 3.09. The number of halogens is 1. The molecule has 2 amide bonds. The van der Waals surface area contributed by atoms with Gasteiger partial charge in [-0.1, -0.05) is 24.3 Å². The van der Waals surface area contributed by atoms with Crippen molar-refractivity contribution in [2.75, 3.05) is 19.9 Å². The molecule has 1 aromatic rings. The minimum Gasteiger partial charge on any atom is -0.378 e. The summed E-state index contributed by atoms with van der Waals surface area (Å²) in [4.78, 5) is 25.3. The summed E-state index contributed by atoms with van der Waals surface area (Å²) in [5, 5.41) is 0. The van der Waals surface area contributed by atoms with Gasteiger partial charge in [0.1, 0.15) is 6.67 Å². The number of hydrogen-bond donors (Lipinski definition) is 0. The van der Waals surface area contributed by atoms with Crippen molar-refractivity contribution < 1.29 is 18.7 Å². The standard InChI is InChI=1S/C15H16FNO3/c1-2-20-9-5-6-11(10-16)17-14(18)12-7-3-4-8-13(12)15(17)19/h3-8,11H,2,9-10H2,1H3/b6-5-/t11-/m0/s1. The van der Waals surface area contributed by atoms with Crippen LogP contribution >= 0.6 is 0 Å². The Morgan fingerprint density at radius 3 is 2.35 bits per heavy atom. The molecule has 1 heterocycles. The first-order chi connectivity index (χ1) is 9.70. The second-order valence-corrected chi connectivity index (χ2v) is 4.34. The predicted molar refractivity (Wildman–Crippen MR) is 72.3 cm³/mol. The SMILES string of the molecule is CCOC/C=C\[C@@H](CF)N1C(=O)c2ccccc2C1=O. The van der Waals surface area contributed by atoms with E-state index in [1.54, 1.807) is 30.3 Å². The zero-order valence-corrected chi connectivity index (χ0v) is 11.2. The molecule has 0 bridgehead atoms. The number of benzene rings is 1. The molecule has 1 aromatic carbocycles. The van der Waals surface area contributed by atoms with E-state index in [-0.39, 0.29) is 0 Å². The summed E-state index contributed by atoms with van der Waals surface area (Å²) in [6.45, 7) is 1.92. The Morgan fingerprint density at radius 2 is 1.85 bits per heavy atom. The molecule has 5 heteroatoms. The molecule has 0 saturated heterocycles. The molecule has 1 atom stereocenters. The fourth-order valence-corrected chi connectivity index (χ4v) is 2.11. The molecule has 2 rings (SSSR count). The second-order valence-electron chi connectivity index (χ2n) is 4.34. The van der Waals surface area contributed by atoms with Gasteiger partial charge in [0.2, 0.25) is 0 Å². The van der Waals surface area contributed by atoms with Crippen LogP contribution < -0.4 is 0 Å².